The van der Waals surface area contributed by atoms with Crippen LogP contribution in [0, 0.1) is 6.92 Å². The van der Waals surface area contributed by atoms with Crippen molar-refractivity contribution in [3.8, 4) is 0 Å². The number of aromatic nitrogens is 1. The van der Waals surface area contributed by atoms with E-state index >= 15 is 0 Å². The normalized spacial score (nSPS) is 21.5. The molecule has 0 saturated heterocycles. The van der Waals surface area contributed by atoms with Gasteiger partial charge >= 0.3 is 0 Å². The first-order valence-electron chi connectivity index (χ1n) is 12.7. The van der Waals surface area contributed by atoms with Crippen LogP contribution in [0.2, 0.25) is 0 Å². The molecule has 6 heteroatoms. The minimum Gasteiger partial charge on any atom is -0.460 e. The number of furan rings is 1. The number of amides is 2. The van der Waals surface area contributed by atoms with Crippen LogP contribution in [-0.4, -0.2) is 39.4 Å². The molecule has 0 radical (unpaired) electrons. The second-order valence-corrected chi connectivity index (χ2v) is 10.2. The zero-order valence-corrected chi connectivity index (χ0v) is 20.3. The van der Waals surface area contributed by atoms with Crippen LogP contribution >= 0.6 is 0 Å². The van der Waals surface area contributed by atoms with Gasteiger partial charge in [0, 0.05) is 24.7 Å². The Balaban J connectivity index is 1.43. The Morgan fingerprint density at radius 2 is 1.85 bits per heavy atom. The number of carbonyl (C=O) groups excluding carboxylic acids is 2. The molecule has 1 aliphatic carbocycles. The molecule has 3 heterocycles. The van der Waals surface area contributed by atoms with Gasteiger partial charge in [-0.15, -0.1) is 0 Å². The molecular weight excluding hydrogens is 426 g/mol. The minimum absolute atomic E-state index is 0.0415. The third-order valence-corrected chi connectivity index (χ3v) is 7.61. The van der Waals surface area contributed by atoms with Crippen LogP contribution in [0.1, 0.15) is 73.7 Å². The summed E-state index contributed by atoms with van der Waals surface area (Å²) in [5, 5.41) is 3.33. The van der Waals surface area contributed by atoms with Gasteiger partial charge < -0.3 is 19.2 Å². The second kappa shape index (κ2) is 9.32. The van der Waals surface area contributed by atoms with Crippen LogP contribution in [-0.2, 0) is 17.8 Å². The van der Waals surface area contributed by atoms with Gasteiger partial charge in [-0.05, 0) is 45.1 Å². The lowest BCUT2D eigenvalue weighted by Crippen LogP contribution is -2.65. The molecule has 6 nitrogen and oxygen atoms in total. The first kappa shape index (κ1) is 22.8. The Labute approximate surface area is 201 Å². The van der Waals surface area contributed by atoms with Gasteiger partial charge in [0.25, 0.3) is 5.91 Å². The minimum atomic E-state index is -0.954. The zero-order chi connectivity index (χ0) is 23.7. The summed E-state index contributed by atoms with van der Waals surface area (Å²) in [7, 11) is 0. The third kappa shape index (κ3) is 4.26. The van der Waals surface area contributed by atoms with Crippen LogP contribution in [0.25, 0.3) is 11.1 Å². The summed E-state index contributed by atoms with van der Waals surface area (Å²) in [6.45, 7) is 4.81. The Morgan fingerprint density at radius 3 is 2.59 bits per heavy atom. The molecule has 1 aromatic carbocycles. The first-order valence-corrected chi connectivity index (χ1v) is 12.7. The van der Waals surface area contributed by atoms with E-state index in [0.29, 0.717) is 24.4 Å². The number of fused-ring (bicyclic) bond motifs is 3. The van der Waals surface area contributed by atoms with Gasteiger partial charge in [-0.1, -0.05) is 56.0 Å². The van der Waals surface area contributed by atoms with Crippen molar-refractivity contribution in [2.75, 3.05) is 6.54 Å². The van der Waals surface area contributed by atoms with Gasteiger partial charge in [-0.3, -0.25) is 9.59 Å². The Bertz CT molecular complexity index is 1170. The standard InChI is InChI=1S/C28H35N3O3/c1-20-17-23-25(34-20)18-24-26(32)31(16-10-13-21-11-6-5-7-12-21)28(2,19-30(23)24)27(33)29-22-14-8-3-4-9-15-22/h5-7,11-12,17-18,22H,3-4,8-10,13-16,19H2,1-2H3,(H,29,33)/t28-/m1/s1. The van der Waals surface area contributed by atoms with E-state index in [0.717, 1.165) is 49.8 Å². The van der Waals surface area contributed by atoms with Crippen LogP contribution < -0.4 is 5.32 Å². The second-order valence-electron chi connectivity index (χ2n) is 10.2. The molecule has 1 aliphatic heterocycles. The van der Waals surface area contributed by atoms with Crippen molar-refractivity contribution in [2.45, 2.75) is 83.3 Å². The molecule has 2 aromatic heterocycles. The highest BCUT2D eigenvalue weighted by Gasteiger charge is 2.48. The number of benzene rings is 1. The highest BCUT2D eigenvalue weighted by Crippen LogP contribution is 2.34. The molecule has 2 amide bonds. The maximum Gasteiger partial charge on any atom is 0.271 e. The van der Waals surface area contributed by atoms with E-state index in [4.69, 9.17) is 4.42 Å². The van der Waals surface area contributed by atoms with E-state index in [-0.39, 0.29) is 17.9 Å². The summed E-state index contributed by atoms with van der Waals surface area (Å²) >= 11 is 0. The van der Waals surface area contributed by atoms with Crippen molar-refractivity contribution in [3.63, 3.8) is 0 Å². The topological polar surface area (TPSA) is 67.5 Å². The third-order valence-electron chi connectivity index (χ3n) is 7.61. The Morgan fingerprint density at radius 1 is 1.12 bits per heavy atom. The number of carbonyl (C=O) groups is 2. The molecule has 1 fully saturated rings. The zero-order valence-electron chi connectivity index (χ0n) is 20.3. The molecule has 2 aliphatic rings. The van der Waals surface area contributed by atoms with Crippen LogP contribution in [0.4, 0.5) is 0 Å². The predicted molar refractivity (Wildman–Crippen MR) is 133 cm³/mol. The lowest BCUT2D eigenvalue weighted by molar-refractivity contribution is -0.133. The number of nitrogens with one attached hydrogen (secondary N) is 1. The first-order chi connectivity index (χ1) is 16.5. The summed E-state index contributed by atoms with van der Waals surface area (Å²) in [5.41, 5.74) is 2.49. The predicted octanol–water partition coefficient (Wildman–Crippen LogP) is 5.23. The van der Waals surface area contributed by atoms with Crippen molar-refractivity contribution in [1.82, 2.24) is 14.8 Å². The Kier molecular flexibility index (Phi) is 6.24. The van der Waals surface area contributed by atoms with Crippen molar-refractivity contribution < 1.29 is 14.0 Å². The summed E-state index contributed by atoms with van der Waals surface area (Å²) in [5.74, 6) is 0.671. The average Bonchev–Trinajstić information content (AvgIpc) is 3.22. The van der Waals surface area contributed by atoms with E-state index in [1.807, 2.05) is 53.6 Å². The number of rotatable bonds is 6. The molecule has 34 heavy (non-hydrogen) atoms. The molecule has 1 N–H and O–H groups in total. The summed E-state index contributed by atoms with van der Waals surface area (Å²) in [6.07, 6.45) is 8.48. The fraction of sp³-hybridized carbons (Fsp3) is 0.500. The molecule has 5 rings (SSSR count). The van der Waals surface area contributed by atoms with Crippen molar-refractivity contribution in [3.05, 3.63) is 59.5 Å². The average molecular weight is 462 g/mol. The molecular formula is C28H35N3O3. The lowest BCUT2D eigenvalue weighted by Gasteiger charge is -2.44. The molecule has 1 saturated carbocycles. The fourth-order valence-electron chi connectivity index (χ4n) is 5.66. The monoisotopic (exact) mass is 461 g/mol. The van der Waals surface area contributed by atoms with Crippen molar-refractivity contribution in [1.29, 1.82) is 0 Å². The van der Waals surface area contributed by atoms with Crippen LogP contribution in [0.3, 0.4) is 0 Å². The number of hydrogen-bond acceptors (Lipinski definition) is 3. The van der Waals surface area contributed by atoms with E-state index in [2.05, 4.69) is 17.4 Å². The van der Waals surface area contributed by atoms with Gasteiger partial charge in [-0.2, -0.15) is 0 Å². The van der Waals surface area contributed by atoms with Gasteiger partial charge in [0.2, 0.25) is 5.91 Å². The molecule has 0 bridgehead atoms. The van der Waals surface area contributed by atoms with Gasteiger partial charge in [0.1, 0.15) is 17.0 Å². The van der Waals surface area contributed by atoms with Gasteiger partial charge in [-0.25, -0.2) is 0 Å². The quantitative estimate of drug-likeness (QED) is 0.511. The number of aryl methyl sites for hydroxylation is 2. The highest BCUT2D eigenvalue weighted by atomic mass is 16.3. The van der Waals surface area contributed by atoms with E-state index in [1.165, 1.54) is 18.4 Å². The maximum atomic E-state index is 13.8. The molecule has 0 spiro atoms. The van der Waals surface area contributed by atoms with Crippen molar-refractivity contribution >= 4 is 22.9 Å². The molecule has 1 atom stereocenters. The SMILES string of the molecule is Cc1cc2c(cc3n2C[C@](C)(C(=O)NC2CCCCCC2)N(CCCc2ccccc2)C3=O)o1. The molecule has 0 unspecified atom stereocenters. The smallest absolute Gasteiger partial charge is 0.271 e. The largest absolute Gasteiger partial charge is 0.460 e. The maximum absolute atomic E-state index is 13.8. The Hall–Kier alpha value is -3.02. The summed E-state index contributed by atoms with van der Waals surface area (Å²) < 4.78 is 7.80. The van der Waals surface area contributed by atoms with E-state index < -0.39 is 5.54 Å². The van der Waals surface area contributed by atoms with E-state index in [9.17, 15) is 9.59 Å². The summed E-state index contributed by atoms with van der Waals surface area (Å²) in [4.78, 5) is 29.4. The van der Waals surface area contributed by atoms with Gasteiger partial charge in [0.05, 0.1) is 12.1 Å². The number of nitrogens with zero attached hydrogens (tertiary/aromatic N) is 2. The lowest BCUT2D eigenvalue weighted by atomic mass is 9.93. The van der Waals surface area contributed by atoms with Crippen LogP contribution in [0.5, 0.6) is 0 Å². The van der Waals surface area contributed by atoms with Gasteiger partial charge in [0.15, 0.2) is 5.58 Å². The molecule has 3 aromatic rings. The van der Waals surface area contributed by atoms with Crippen LogP contribution in [0.15, 0.2) is 46.9 Å². The van der Waals surface area contributed by atoms with E-state index in [1.54, 1.807) is 0 Å². The molecule has 180 valence electrons. The van der Waals surface area contributed by atoms with Crippen molar-refractivity contribution in [2.24, 2.45) is 0 Å². The number of hydrogen-bond donors (Lipinski definition) is 1. The highest BCUT2D eigenvalue weighted by molar-refractivity contribution is 6.03. The fourth-order valence-corrected chi connectivity index (χ4v) is 5.66. The summed E-state index contributed by atoms with van der Waals surface area (Å²) in [6, 6.07) is 14.3.